The molecule has 4 nitrogen and oxygen atoms in total. The molecule has 1 aromatic rings. The maximum Gasteiger partial charge on any atom is 0.255 e. The van der Waals surface area contributed by atoms with Crippen LogP contribution in [0.2, 0.25) is 0 Å². The standard InChI is InChI=1S/C12H13BrFN3O/c1-12(10(18)17-11(15)16)5-7(12)6-2-3-9(14)8(13)4-6/h2-4,7H,5H2,1H3,(H4,15,16,17,18). The third kappa shape index (κ3) is 2.25. The molecule has 0 bridgehead atoms. The van der Waals surface area contributed by atoms with Crippen molar-refractivity contribution in [1.82, 2.24) is 0 Å². The maximum absolute atomic E-state index is 13.1. The molecule has 2 atom stereocenters. The number of nitrogens with zero attached hydrogens (tertiary/aromatic N) is 1. The predicted octanol–water partition coefficient (Wildman–Crippen LogP) is 1.88. The lowest BCUT2D eigenvalue weighted by Gasteiger charge is -2.07. The first-order valence-electron chi connectivity index (χ1n) is 5.43. The van der Waals surface area contributed by atoms with Gasteiger partial charge in [0.25, 0.3) is 5.91 Å². The molecule has 0 radical (unpaired) electrons. The molecule has 4 N–H and O–H groups in total. The zero-order valence-electron chi connectivity index (χ0n) is 9.78. The molecule has 1 amide bonds. The van der Waals surface area contributed by atoms with E-state index in [4.69, 9.17) is 11.5 Å². The summed E-state index contributed by atoms with van der Waals surface area (Å²) in [4.78, 5) is 15.4. The Kier molecular flexibility index (Phi) is 3.14. The van der Waals surface area contributed by atoms with Crippen LogP contribution >= 0.6 is 15.9 Å². The zero-order chi connectivity index (χ0) is 13.5. The fraction of sp³-hybridized carbons (Fsp3) is 0.333. The van der Waals surface area contributed by atoms with E-state index < -0.39 is 5.41 Å². The molecule has 0 saturated heterocycles. The molecule has 96 valence electrons. The van der Waals surface area contributed by atoms with Gasteiger partial charge in [0.2, 0.25) is 0 Å². The van der Waals surface area contributed by atoms with Crippen LogP contribution in [-0.2, 0) is 4.79 Å². The molecule has 0 aromatic heterocycles. The Hall–Kier alpha value is -1.43. The van der Waals surface area contributed by atoms with Gasteiger partial charge in [-0.25, -0.2) is 4.39 Å². The Morgan fingerprint density at radius 1 is 1.56 bits per heavy atom. The lowest BCUT2D eigenvalue weighted by Crippen LogP contribution is -2.26. The summed E-state index contributed by atoms with van der Waals surface area (Å²) in [6, 6.07) is 4.75. The molecule has 0 heterocycles. The molecular formula is C12H13BrFN3O. The van der Waals surface area contributed by atoms with Gasteiger partial charge in [-0.2, -0.15) is 4.99 Å². The van der Waals surface area contributed by atoms with Gasteiger partial charge in [-0.3, -0.25) is 4.79 Å². The van der Waals surface area contributed by atoms with Gasteiger partial charge in [-0.1, -0.05) is 13.0 Å². The van der Waals surface area contributed by atoms with Crippen LogP contribution in [0.25, 0.3) is 0 Å². The molecule has 1 aromatic carbocycles. The van der Waals surface area contributed by atoms with Gasteiger partial charge in [0.15, 0.2) is 5.96 Å². The number of hydrogen-bond acceptors (Lipinski definition) is 1. The van der Waals surface area contributed by atoms with Crippen LogP contribution in [0.5, 0.6) is 0 Å². The number of rotatable bonds is 2. The number of amides is 1. The second-order valence-corrected chi connectivity index (χ2v) is 5.54. The number of benzene rings is 1. The topological polar surface area (TPSA) is 81.5 Å². The Labute approximate surface area is 112 Å². The van der Waals surface area contributed by atoms with E-state index in [0.29, 0.717) is 10.9 Å². The Balaban J connectivity index is 2.21. The molecule has 1 fully saturated rings. The summed E-state index contributed by atoms with van der Waals surface area (Å²) >= 11 is 3.13. The predicted molar refractivity (Wildman–Crippen MR) is 70.4 cm³/mol. The summed E-state index contributed by atoms with van der Waals surface area (Å²) in [5, 5.41) is 0. The molecule has 1 saturated carbocycles. The highest BCUT2D eigenvalue weighted by molar-refractivity contribution is 9.10. The SMILES string of the molecule is CC1(C(=O)N=C(N)N)CC1c1ccc(F)c(Br)c1. The van der Waals surface area contributed by atoms with Crippen LogP contribution in [0.1, 0.15) is 24.8 Å². The van der Waals surface area contributed by atoms with Gasteiger partial charge in [-0.05, 0) is 46.0 Å². The summed E-state index contributed by atoms with van der Waals surface area (Å²) in [6.45, 7) is 1.81. The highest BCUT2D eigenvalue weighted by Crippen LogP contribution is 2.60. The highest BCUT2D eigenvalue weighted by atomic mass is 79.9. The van der Waals surface area contributed by atoms with Crippen LogP contribution in [0.4, 0.5) is 4.39 Å². The zero-order valence-corrected chi connectivity index (χ0v) is 11.4. The van der Waals surface area contributed by atoms with E-state index >= 15 is 0 Å². The van der Waals surface area contributed by atoms with Gasteiger partial charge < -0.3 is 11.5 Å². The van der Waals surface area contributed by atoms with Crippen molar-refractivity contribution in [2.45, 2.75) is 19.3 Å². The van der Waals surface area contributed by atoms with Crippen molar-refractivity contribution >= 4 is 27.8 Å². The number of halogens is 2. The van der Waals surface area contributed by atoms with E-state index in [1.165, 1.54) is 6.07 Å². The average molecular weight is 314 g/mol. The second kappa shape index (κ2) is 4.35. The monoisotopic (exact) mass is 313 g/mol. The lowest BCUT2D eigenvalue weighted by molar-refractivity contribution is -0.122. The molecular weight excluding hydrogens is 301 g/mol. The van der Waals surface area contributed by atoms with Gasteiger partial charge >= 0.3 is 0 Å². The van der Waals surface area contributed by atoms with Gasteiger partial charge in [0.1, 0.15) is 5.82 Å². The van der Waals surface area contributed by atoms with E-state index in [1.807, 2.05) is 6.92 Å². The summed E-state index contributed by atoms with van der Waals surface area (Å²) in [5.74, 6) is -0.846. The maximum atomic E-state index is 13.1. The van der Waals surface area contributed by atoms with Crippen LogP contribution in [0, 0.1) is 11.2 Å². The average Bonchev–Trinajstić information content (AvgIpc) is 2.96. The third-order valence-corrected chi connectivity index (χ3v) is 3.91. The van der Waals surface area contributed by atoms with Crippen molar-refractivity contribution in [3.8, 4) is 0 Å². The fourth-order valence-electron chi connectivity index (χ4n) is 2.06. The fourth-order valence-corrected chi connectivity index (χ4v) is 2.46. The van der Waals surface area contributed by atoms with Crippen LogP contribution in [0.3, 0.4) is 0 Å². The van der Waals surface area contributed by atoms with Crippen molar-refractivity contribution in [3.05, 3.63) is 34.1 Å². The molecule has 6 heteroatoms. The minimum atomic E-state index is -0.582. The van der Waals surface area contributed by atoms with Crippen molar-refractivity contribution < 1.29 is 9.18 Å². The van der Waals surface area contributed by atoms with E-state index in [2.05, 4.69) is 20.9 Å². The highest BCUT2D eigenvalue weighted by Gasteiger charge is 2.56. The quantitative estimate of drug-likeness (QED) is 0.646. The molecule has 1 aliphatic rings. The van der Waals surface area contributed by atoms with Crippen molar-refractivity contribution in [3.63, 3.8) is 0 Å². The molecule has 0 aliphatic heterocycles. The first kappa shape index (κ1) is 13.0. The van der Waals surface area contributed by atoms with E-state index in [0.717, 1.165) is 5.56 Å². The number of guanidine groups is 1. The van der Waals surface area contributed by atoms with Gasteiger partial charge in [-0.15, -0.1) is 0 Å². The lowest BCUT2D eigenvalue weighted by atomic mass is 10.0. The normalized spacial score (nSPS) is 25.6. The second-order valence-electron chi connectivity index (χ2n) is 4.69. The molecule has 18 heavy (non-hydrogen) atoms. The minimum Gasteiger partial charge on any atom is -0.370 e. The van der Waals surface area contributed by atoms with Crippen LogP contribution < -0.4 is 11.5 Å². The van der Waals surface area contributed by atoms with Crippen LogP contribution in [-0.4, -0.2) is 11.9 Å². The largest absolute Gasteiger partial charge is 0.370 e. The van der Waals surface area contributed by atoms with Crippen molar-refractivity contribution in [1.29, 1.82) is 0 Å². The number of hydrogen-bond donors (Lipinski definition) is 2. The Morgan fingerprint density at radius 2 is 2.22 bits per heavy atom. The van der Waals surface area contributed by atoms with E-state index in [9.17, 15) is 9.18 Å². The molecule has 2 rings (SSSR count). The van der Waals surface area contributed by atoms with Crippen molar-refractivity contribution in [2.75, 3.05) is 0 Å². The molecule has 0 spiro atoms. The van der Waals surface area contributed by atoms with E-state index in [-0.39, 0.29) is 23.6 Å². The number of aliphatic imine (C=N–C) groups is 1. The minimum absolute atomic E-state index is 0.0324. The summed E-state index contributed by atoms with van der Waals surface area (Å²) in [7, 11) is 0. The molecule has 2 unspecified atom stereocenters. The summed E-state index contributed by atoms with van der Waals surface area (Å²) in [5.41, 5.74) is 10.7. The number of nitrogens with two attached hydrogens (primary N) is 2. The first-order valence-corrected chi connectivity index (χ1v) is 6.23. The number of carbonyl (C=O) groups excluding carboxylic acids is 1. The summed E-state index contributed by atoms with van der Waals surface area (Å²) in [6.07, 6.45) is 0.667. The van der Waals surface area contributed by atoms with E-state index in [1.54, 1.807) is 12.1 Å². The smallest absolute Gasteiger partial charge is 0.255 e. The van der Waals surface area contributed by atoms with Gasteiger partial charge in [0.05, 0.1) is 9.89 Å². The first-order chi connectivity index (χ1) is 8.34. The summed E-state index contributed by atoms with van der Waals surface area (Å²) < 4.78 is 13.5. The van der Waals surface area contributed by atoms with Crippen molar-refractivity contribution in [2.24, 2.45) is 21.9 Å². The van der Waals surface area contributed by atoms with Crippen LogP contribution in [0.15, 0.2) is 27.7 Å². The molecule has 1 aliphatic carbocycles. The Morgan fingerprint density at radius 3 is 2.78 bits per heavy atom. The van der Waals surface area contributed by atoms with Gasteiger partial charge in [0, 0.05) is 0 Å². The Bertz CT molecular complexity index is 542. The third-order valence-electron chi connectivity index (χ3n) is 3.30. The number of carbonyl (C=O) groups is 1.